The van der Waals surface area contributed by atoms with E-state index < -0.39 is 0 Å². The number of urea groups is 1. The van der Waals surface area contributed by atoms with Crippen molar-refractivity contribution in [1.29, 1.82) is 0 Å². The van der Waals surface area contributed by atoms with E-state index in [2.05, 4.69) is 10.6 Å². The molecule has 122 valence electrons. The first-order valence-corrected chi connectivity index (χ1v) is 7.58. The van der Waals surface area contributed by atoms with Gasteiger partial charge in [-0.15, -0.1) is 0 Å². The number of nitrogens with two attached hydrogens (primary N) is 1. The number of hydrogen-bond donors (Lipinski definition) is 3. The zero-order chi connectivity index (χ0) is 16.1. The van der Waals surface area contributed by atoms with Crippen LogP contribution in [-0.4, -0.2) is 42.5 Å². The molecule has 2 rings (SSSR count). The van der Waals surface area contributed by atoms with Gasteiger partial charge in [0.2, 0.25) is 5.91 Å². The van der Waals surface area contributed by atoms with Gasteiger partial charge in [-0.3, -0.25) is 9.69 Å². The Kier molecular flexibility index (Phi) is 5.43. The van der Waals surface area contributed by atoms with E-state index in [4.69, 9.17) is 10.2 Å². The minimum Gasteiger partial charge on any atom is -0.464 e. The fourth-order valence-corrected chi connectivity index (χ4v) is 2.64. The molecule has 1 aromatic rings. The summed E-state index contributed by atoms with van der Waals surface area (Å²) >= 11 is 0. The highest BCUT2D eigenvalue weighted by molar-refractivity contribution is 5.76. The SMILES string of the molecule is Cc1ccc([C@@H](C)NC(=O)NC2CCN(CC(N)=O)CC2)o1. The van der Waals surface area contributed by atoms with Gasteiger partial charge >= 0.3 is 6.03 Å². The van der Waals surface area contributed by atoms with Crippen molar-refractivity contribution in [2.75, 3.05) is 19.6 Å². The number of nitrogens with one attached hydrogen (secondary N) is 2. The Morgan fingerprint density at radius 2 is 2.09 bits per heavy atom. The predicted molar refractivity (Wildman–Crippen MR) is 82.2 cm³/mol. The third kappa shape index (κ3) is 4.77. The van der Waals surface area contributed by atoms with Gasteiger partial charge in [0, 0.05) is 19.1 Å². The average Bonchev–Trinajstić information content (AvgIpc) is 2.87. The van der Waals surface area contributed by atoms with Crippen LogP contribution in [0.3, 0.4) is 0 Å². The normalized spacial score (nSPS) is 17.9. The van der Waals surface area contributed by atoms with E-state index in [1.165, 1.54) is 0 Å². The lowest BCUT2D eigenvalue weighted by Crippen LogP contribution is -2.49. The molecule has 0 saturated carbocycles. The lowest BCUT2D eigenvalue weighted by Gasteiger charge is -2.31. The number of aryl methyl sites for hydroxylation is 1. The third-order valence-corrected chi connectivity index (χ3v) is 3.84. The topological polar surface area (TPSA) is 101 Å². The summed E-state index contributed by atoms with van der Waals surface area (Å²) in [4.78, 5) is 24.9. The highest BCUT2D eigenvalue weighted by Crippen LogP contribution is 2.15. The molecule has 1 aromatic heterocycles. The van der Waals surface area contributed by atoms with Crippen LogP contribution in [0.5, 0.6) is 0 Å². The summed E-state index contributed by atoms with van der Waals surface area (Å²) in [6.07, 6.45) is 1.63. The molecule has 0 unspecified atom stereocenters. The van der Waals surface area contributed by atoms with E-state index in [9.17, 15) is 9.59 Å². The van der Waals surface area contributed by atoms with Crippen LogP contribution >= 0.6 is 0 Å². The summed E-state index contributed by atoms with van der Waals surface area (Å²) < 4.78 is 5.49. The molecule has 0 aliphatic carbocycles. The number of rotatable bonds is 5. The minimum atomic E-state index is -0.313. The molecule has 1 fully saturated rings. The maximum Gasteiger partial charge on any atom is 0.315 e. The van der Waals surface area contributed by atoms with E-state index in [0.29, 0.717) is 0 Å². The van der Waals surface area contributed by atoms with Gasteiger partial charge < -0.3 is 20.8 Å². The van der Waals surface area contributed by atoms with E-state index >= 15 is 0 Å². The number of hydrogen-bond acceptors (Lipinski definition) is 4. The van der Waals surface area contributed by atoms with E-state index in [1.54, 1.807) is 0 Å². The quantitative estimate of drug-likeness (QED) is 0.752. The van der Waals surface area contributed by atoms with Crippen LogP contribution in [0.4, 0.5) is 4.79 Å². The minimum absolute atomic E-state index is 0.120. The fraction of sp³-hybridized carbons (Fsp3) is 0.600. The number of likely N-dealkylation sites (tertiary alicyclic amines) is 1. The summed E-state index contributed by atoms with van der Waals surface area (Å²) in [5.74, 6) is 1.25. The van der Waals surface area contributed by atoms with E-state index in [-0.39, 0.29) is 30.6 Å². The Morgan fingerprint density at radius 3 is 2.64 bits per heavy atom. The number of carbonyl (C=O) groups excluding carboxylic acids is 2. The van der Waals surface area contributed by atoms with Crippen molar-refractivity contribution in [2.45, 2.75) is 38.8 Å². The number of primary amides is 1. The fourth-order valence-electron chi connectivity index (χ4n) is 2.64. The largest absolute Gasteiger partial charge is 0.464 e. The van der Waals surface area contributed by atoms with Crippen LogP contribution in [0.15, 0.2) is 16.5 Å². The third-order valence-electron chi connectivity index (χ3n) is 3.84. The zero-order valence-corrected chi connectivity index (χ0v) is 13.1. The molecular formula is C15H24N4O3. The molecule has 7 heteroatoms. The molecular weight excluding hydrogens is 284 g/mol. The monoisotopic (exact) mass is 308 g/mol. The van der Waals surface area contributed by atoms with Crippen LogP contribution in [0.25, 0.3) is 0 Å². The average molecular weight is 308 g/mol. The number of furan rings is 1. The Morgan fingerprint density at radius 1 is 1.41 bits per heavy atom. The standard InChI is InChI=1S/C15H24N4O3/c1-10-3-4-13(22-10)11(2)17-15(21)18-12-5-7-19(8-6-12)9-14(16)20/h3-4,11-12H,5-9H2,1-2H3,(H2,16,20)(H2,17,18,21)/t11-/m1/s1. The molecule has 7 nitrogen and oxygen atoms in total. The Hall–Kier alpha value is -2.02. The highest BCUT2D eigenvalue weighted by Gasteiger charge is 2.22. The van der Waals surface area contributed by atoms with Gasteiger partial charge in [0.1, 0.15) is 11.5 Å². The maximum atomic E-state index is 12.0. The van der Waals surface area contributed by atoms with Crippen LogP contribution in [0, 0.1) is 6.92 Å². The van der Waals surface area contributed by atoms with Crippen molar-refractivity contribution in [3.05, 3.63) is 23.7 Å². The summed E-state index contributed by atoms with van der Waals surface area (Å²) in [6, 6.07) is 3.48. The Labute approximate surface area is 130 Å². The number of piperidine rings is 1. The molecule has 0 aromatic carbocycles. The van der Waals surface area contributed by atoms with E-state index in [0.717, 1.165) is 37.5 Å². The van der Waals surface area contributed by atoms with Gasteiger partial charge in [0.05, 0.1) is 12.6 Å². The first-order valence-electron chi connectivity index (χ1n) is 7.58. The van der Waals surface area contributed by atoms with Crippen LogP contribution in [0.2, 0.25) is 0 Å². The van der Waals surface area contributed by atoms with Crippen LogP contribution in [-0.2, 0) is 4.79 Å². The first-order chi connectivity index (χ1) is 10.4. The molecule has 1 atom stereocenters. The number of amides is 3. The Bertz CT molecular complexity index is 521. The molecule has 1 aliphatic rings. The van der Waals surface area contributed by atoms with Gasteiger partial charge in [-0.1, -0.05) is 0 Å². The summed E-state index contributed by atoms with van der Waals surface area (Å²) in [7, 11) is 0. The smallest absolute Gasteiger partial charge is 0.315 e. The van der Waals surface area contributed by atoms with Gasteiger partial charge in [-0.2, -0.15) is 0 Å². The lowest BCUT2D eigenvalue weighted by molar-refractivity contribution is -0.119. The van der Waals surface area contributed by atoms with Gasteiger partial charge in [0.25, 0.3) is 0 Å². The molecule has 22 heavy (non-hydrogen) atoms. The van der Waals surface area contributed by atoms with Crippen LogP contribution < -0.4 is 16.4 Å². The molecule has 4 N–H and O–H groups in total. The van der Waals surface area contributed by atoms with Gasteiger partial charge in [-0.25, -0.2) is 4.79 Å². The van der Waals surface area contributed by atoms with Crippen molar-refractivity contribution in [1.82, 2.24) is 15.5 Å². The second-order valence-corrected chi connectivity index (χ2v) is 5.80. The molecule has 0 bridgehead atoms. The predicted octanol–water partition coefficient (Wildman–Crippen LogP) is 0.898. The summed E-state index contributed by atoms with van der Waals surface area (Å²) in [5, 5.41) is 5.83. The molecule has 1 aliphatic heterocycles. The zero-order valence-electron chi connectivity index (χ0n) is 13.1. The molecule has 1 saturated heterocycles. The molecule has 3 amide bonds. The lowest BCUT2D eigenvalue weighted by atomic mass is 10.1. The highest BCUT2D eigenvalue weighted by atomic mass is 16.3. The number of carbonyl (C=O) groups is 2. The summed E-state index contributed by atoms with van der Waals surface area (Å²) in [6.45, 7) is 5.57. The van der Waals surface area contributed by atoms with Gasteiger partial charge in [-0.05, 0) is 38.8 Å². The second kappa shape index (κ2) is 7.31. The first kappa shape index (κ1) is 16.4. The molecule has 0 spiro atoms. The van der Waals surface area contributed by atoms with E-state index in [1.807, 2.05) is 30.9 Å². The maximum absolute atomic E-state index is 12.0. The van der Waals surface area contributed by atoms with Crippen LogP contribution in [0.1, 0.15) is 37.3 Å². The second-order valence-electron chi connectivity index (χ2n) is 5.80. The molecule has 2 heterocycles. The van der Waals surface area contributed by atoms with Crippen molar-refractivity contribution in [3.8, 4) is 0 Å². The van der Waals surface area contributed by atoms with Crippen molar-refractivity contribution >= 4 is 11.9 Å². The summed E-state index contributed by atoms with van der Waals surface area (Å²) in [5.41, 5.74) is 5.18. The molecule has 0 radical (unpaired) electrons. The van der Waals surface area contributed by atoms with Crippen molar-refractivity contribution < 1.29 is 14.0 Å². The number of nitrogens with zero attached hydrogens (tertiary/aromatic N) is 1. The Balaban J connectivity index is 1.73. The van der Waals surface area contributed by atoms with Crippen molar-refractivity contribution in [3.63, 3.8) is 0 Å². The van der Waals surface area contributed by atoms with Gasteiger partial charge in [0.15, 0.2) is 0 Å². The van der Waals surface area contributed by atoms with Crippen molar-refractivity contribution in [2.24, 2.45) is 5.73 Å².